The fourth-order valence-corrected chi connectivity index (χ4v) is 1.52. The van der Waals surface area contributed by atoms with E-state index < -0.39 is 0 Å². The maximum atomic E-state index is 5.65. The van der Waals surface area contributed by atoms with Crippen LogP contribution in [0, 0.1) is 6.92 Å². The number of hydrogen-bond donors (Lipinski definition) is 1. The molecule has 3 heteroatoms. The second-order valence-electron chi connectivity index (χ2n) is 3.37. The van der Waals surface area contributed by atoms with E-state index >= 15 is 0 Å². The van der Waals surface area contributed by atoms with Gasteiger partial charge in [-0.25, -0.2) is 0 Å². The van der Waals surface area contributed by atoms with Crippen LogP contribution in [0.25, 0.3) is 0 Å². The van der Waals surface area contributed by atoms with Gasteiger partial charge in [0.05, 0.1) is 0 Å². The van der Waals surface area contributed by atoms with E-state index in [0.29, 0.717) is 0 Å². The summed E-state index contributed by atoms with van der Waals surface area (Å²) >= 11 is 0. The highest BCUT2D eigenvalue weighted by molar-refractivity contribution is 5.08. The third-order valence-electron chi connectivity index (χ3n) is 2.23. The molecule has 3 nitrogen and oxygen atoms in total. The van der Waals surface area contributed by atoms with Gasteiger partial charge in [-0.2, -0.15) is 0 Å². The standard InChI is InChI=1S/C10H15NO2/c1-8-3-4-9(13-8)10-7-11-5-2-6-12-10/h3-4,10-11H,2,5-7H2,1H3. The topological polar surface area (TPSA) is 34.4 Å². The molecule has 1 fully saturated rings. The minimum absolute atomic E-state index is 0.0937. The molecule has 72 valence electrons. The number of furan rings is 1. The van der Waals surface area contributed by atoms with Gasteiger partial charge in [0.25, 0.3) is 0 Å². The Hall–Kier alpha value is -0.800. The lowest BCUT2D eigenvalue weighted by Crippen LogP contribution is -2.19. The smallest absolute Gasteiger partial charge is 0.134 e. The largest absolute Gasteiger partial charge is 0.464 e. The van der Waals surface area contributed by atoms with Gasteiger partial charge in [0.2, 0.25) is 0 Å². The molecule has 13 heavy (non-hydrogen) atoms. The molecule has 0 radical (unpaired) electrons. The third kappa shape index (κ3) is 2.11. The van der Waals surface area contributed by atoms with Gasteiger partial charge in [-0.3, -0.25) is 0 Å². The van der Waals surface area contributed by atoms with Crippen LogP contribution in [0.4, 0.5) is 0 Å². The van der Waals surface area contributed by atoms with E-state index in [4.69, 9.17) is 9.15 Å². The molecule has 1 unspecified atom stereocenters. The van der Waals surface area contributed by atoms with E-state index in [0.717, 1.165) is 37.6 Å². The Labute approximate surface area is 78.1 Å². The molecule has 0 aliphatic carbocycles. The first kappa shape index (κ1) is 8.78. The van der Waals surface area contributed by atoms with Gasteiger partial charge in [-0.15, -0.1) is 0 Å². The summed E-state index contributed by atoms with van der Waals surface area (Å²) in [5.41, 5.74) is 0. The van der Waals surface area contributed by atoms with Crippen LogP contribution in [-0.4, -0.2) is 19.7 Å². The zero-order valence-electron chi connectivity index (χ0n) is 7.88. The third-order valence-corrected chi connectivity index (χ3v) is 2.23. The Bertz CT molecular complexity index is 262. The minimum Gasteiger partial charge on any atom is -0.464 e. The molecule has 1 N–H and O–H groups in total. The lowest BCUT2D eigenvalue weighted by Gasteiger charge is -2.11. The number of aryl methyl sites for hydroxylation is 1. The number of ether oxygens (including phenoxy) is 1. The predicted octanol–water partition coefficient (Wildman–Crippen LogP) is 1.64. The highest BCUT2D eigenvalue weighted by Crippen LogP contribution is 2.20. The van der Waals surface area contributed by atoms with Crippen LogP contribution >= 0.6 is 0 Å². The lowest BCUT2D eigenvalue weighted by atomic mass is 10.3. The molecule has 2 heterocycles. The first-order valence-electron chi connectivity index (χ1n) is 4.75. The molecule has 0 saturated carbocycles. The second kappa shape index (κ2) is 3.94. The highest BCUT2D eigenvalue weighted by Gasteiger charge is 2.17. The van der Waals surface area contributed by atoms with Gasteiger partial charge in [-0.05, 0) is 32.0 Å². The fourth-order valence-electron chi connectivity index (χ4n) is 1.52. The molecular weight excluding hydrogens is 166 g/mol. The van der Waals surface area contributed by atoms with E-state index in [-0.39, 0.29) is 6.10 Å². The van der Waals surface area contributed by atoms with Gasteiger partial charge in [0.1, 0.15) is 17.6 Å². The van der Waals surface area contributed by atoms with Crippen molar-refractivity contribution in [1.29, 1.82) is 0 Å². The number of hydrogen-bond acceptors (Lipinski definition) is 3. The zero-order chi connectivity index (χ0) is 9.10. The van der Waals surface area contributed by atoms with Crippen molar-refractivity contribution in [3.05, 3.63) is 23.7 Å². The minimum atomic E-state index is 0.0937. The van der Waals surface area contributed by atoms with Gasteiger partial charge in [0.15, 0.2) is 0 Å². The molecule has 1 aliphatic rings. The van der Waals surface area contributed by atoms with Crippen LogP contribution in [0.2, 0.25) is 0 Å². The number of rotatable bonds is 1. The Balaban J connectivity index is 2.06. The monoisotopic (exact) mass is 181 g/mol. The Morgan fingerprint density at radius 1 is 1.46 bits per heavy atom. The highest BCUT2D eigenvalue weighted by atomic mass is 16.5. The summed E-state index contributed by atoms with van der Waals surface area (Å²) in [6.07, 6.45) is 1.17. The summed E-state index contributed by atoms with van der Waals surface area (Å²) in [6.45, 7) is 4.66. The summed E-state index contributed by atoms with van der Waals surface area (Å²) in [7, 11) is 0. The van der Waals surface area contributed by atoms with Crippen molar-refractivity contribution in [2.24, 2.45) is 0 Å². The predicted molar refractivity (Wildman–Crippen MR) is 49.6 cm³/mol. The van der Waals surface area contributed by atoms with Crippen molar-refractivity contribution in [2.75, 3.05) is 19.7 Å². The molecule has 1 saturated heterocycles. The molecule has 0 bridgehead atoms. The normalized spacial score (nSPS) is 24.2. The maximum absolute atomic E-state index is 5.65. The van der Waals surface area contributed by atoms with Gasteiger partial charge in [-0.1, -0.05) is 0 Å². The van der Waals surface area contributed by atoms with E-state index in [1.165, 1.54) is 0 Å². The zero-order valence-corrected chi connectivity index (χ0v) is 7.88. The quantitative estimate of drug-likeness (QED) is 0.715. The molecule has 1 aliphatic heterocycles. The summed E-state index contributed by atoms with van der Waals surface area (Å²) in [6, 6.07) is 3.97. The van der Waals surface area contributed by atoms with Crippen LogP contribution in [-0.2, 0) is 4.74 Å². The molecule has 0 amide bonds. The summed E-state index contributed by atoms with van der Waals surface area (Å²) < 4.78 is 11.2. The van der Waals surface area contributed by atoms with Crippen molar-refractivity contribution >= 4 is 0 Å². The first-order chi connectivity index (χ1) is 6.36. The van der Waals surface area contributed by atoms with Crippen LogP contribution in [0.1, 0.15) is 24.0 Å². The van der Waals surface area contributed by atoms with Crippen molar-refractivity contribution in [3.63, 3.8) is 0 Å². The van der Waals surface area contributed by atoms with Crippen LogP contribution in [0.15, 0.2) is 16.5 Å². The lowest BCUT2D eigenvalue weighted by molar-refractivity contribution is 0.0508. The van der Waals surface area contributed by atoms with E-state index in [1.54, 1.807) is 0 Å². The molecule has 0 aromatic carbocycles. The van der Waals surface area contributed by atoms with Crippen LogP contribution in [0.5, 0.6) is 0 Å². The average Bonchev–Trinajstić information content (AvgIpc) is 2.43. The molecule has 0 spiro atoms. The summed E-state index contributed by atoms with van der Waals surface area (Å²) in [5, 5.41) is 3.32. The summed E-state index contributed by atoms with van der Waals surface area (Å²) in [4.78, 5) is 0. The van der Waals surface area contributed by atoms with Crippen molar-refractivity contribution < 1.29 is 9.15 Å². The Morgan fingerprint density at radius 2 is 2.38 bits per heavy atom. The van der Waals surface area contributed by atoms with Gasteiger partial charge < -0.3 is 14.5 Å². The fraction of sp³-hybridized carbons (Fsp3) is 0.600. The SMILES string of the molecule is Cc1ccc(C2CNCCCO2)o1. The first-order valence-corrected chi connectivity index (χ1v) is 4.75. The molecule has 1 aromatic heterocycles. The Kier molecular flexibility index (Phi) is 2.66. The van der Waals surface area contributed by atoms with Gasteiger partial charge in [0, 0.05) is 13.2 Å². The molecular formula is C10H15NO2. The van der Waals surface area contributed by atoms with Crippen LogP contribution < -0.4 is 5.32 Å². The Morgan fingerprint density at radius 3 is 3.15 bits per heavy atom. The average molecular weight is 181 g/mol. The summed E-state index contributed by atoms with van der Waals surface area (Å²) in [5.74, 6) is 1.88. The number of nitrogens with one attached hydrogen (secondary N) is 1. The van der Waals surface area contributed by atoms with Crippen molar-refractivity contribution in [1.82, 2.24) is 5.32 Å². The van der Waals surface area contributed by atoms with Crippen molar-refractivity contribution in [3.8, 4) is 0 Å². The van der Waals surface area contributed by atoms with Gasteiger partial charge >= 0.3 is 0 Å². The van der Waals surface area contributed by atoms with E-state index in [1.807, 2.05) is 19.1 Å². The molecule has 1 aromatic rings. The maximum Gasteiger partial charge on any atom is 0.134 e. The van der Waals surface area contributed by atoms with E-state index in [2.05, 4.69) is 5.32 Å². The molecule has 1 atom stereocenters. The van der Waals surface area contributed by atoms with E-state index in [9.17, 15) is 0 Å². The second-order valence-corrected chi connectivity index (χ2v) is 3.37. The molecule has 2 rings (SSSR count). The van der Waals surface area contributed by atoms with Crippen molar-refractivity contribution in [2.45, 2.75) is 19.4 Å². The van der Waals surface area contributed by atoms with Crippen LogP contribution in [0.3, 0.4) is 0 Å².